The predicted octanol–water partition coefficient (Wildman–Crippen LogP) is -0.136. The molecule has 0 saturated heterocycles. The highest BCUT2D eigenvalue weighted by Gasteiger charge is 2.24. The van der Waals surface area contributed by atoms with Crippen molar-refractivity contribution in [3.8, 4) is 0 Å². The highest BCUT2D eigenvalue weighted by Crippen LogP contribution is 2.20. The van der Waals surface area contributed by atoms with E-state index < -0.39 is 24.3 Å². The Bertz CT molecular complexity index is 448. The number of ether oxygens (including phenoxy) is 1. The molecular weight excluding hydrogens is 260 g/mol. The molecular formula is C9H12N4O4S. The average Bonchev–Trinajstić information content (AvgIpc) is 2.76. The van der Waals surface area contributed by atoms with E-state index in [1.165, 1.54) is 18.4 Å². The van der Waals surface area contributed by atoms with E-state index in [2.05, 4.69) is 20.2 Å². The molecule has 9 heteroatoms. The van der Waals surface area contributed by atoms with E-state index in [1.54, 1.807) is 5.38 Å². The summed E-state index contributed by atoms with van der Waals surface area (Å²) in [5.41, 5.74) is 5.89. The molecule has 18 heavy (non-hydrogen) atoms. The Morgan fingerprint density at radius 2 is 2.39 bits per heavy atom. The number of aromatic nitrogens is 1. The molecule has 3 N–H and O–H groups in total. The number of carbonyl (C=O) groups excluding carboxylic acids is 2. The van der Waals surface area contributed by atoms with Gasteiger partial charge < -0.3 is 15.8 Å². The van der Waals surface area contributed by atoms with Crippen LogP contribution in [0.4, 0.5) is 5.13 Å². The number of carbonyl (C=O) groups is 2. The van der Waals surface area contributed by atoms with Gasteiger partial charge in [0, 0.05) is 11.9 Å². The third kappa shape index (κ3) is 3.77. The summed E-state index contributed by atoms with van der Waals surface area (Å²) in [6, 6.07) is 0. The Morgan fingerprint density at radius 1 is 1.67 bits per heavy atom. The Kier molecular flexibility index (Phi) is 5.18. The van der Waals surface area contributed by atoms with Gasteiger partial charge in [0.15, 0.2) is 11.7 Å². The maximum Gasteiger partial charge on any atom is 0.316 e. The van der Waals surface area contributed by atoms with Crippen molar-refractivity contribution in [2.45, 2.75) is 5.92 Å². The van der Waals surface area contributed by atoms with Crippen LogP contribution in [-0.4, -0.2) is 37.1 Å². The molecule has 0 aliphatic heterocycles. The fourth-order valence-electron chi connectivity index (χ4n) is 1.24. The number of hydrogen-bond donors (Lipinski definition) is 2. The summed E-state index contributed by atoms with van der Waals surface area (Å²) in [5, 5.41) is 6.77. The number of nitrogens with zero attached hydrogens (tertiary/aromatic N) is 2. The summed E-state index contributed by atoms with van der Waals surface area (Å²) in [6.07, 6.45) is 0. The summed E-state index contributed by atoms with van der Waals surface area (Å²) in [7, 11) is 1.24. The highest BCUT2D eigenvalue weighted by atomic mass is 32.1. The Hall–Kier alpha value is -2.03. The molecule has 1 heterocycles. The summed E-state index contributed by atoms with van der Waals surface area (Å²) >= 11 is 1.18. The quantitative estimate of drug-likeness (QED) is 0.549. The lowest BCUT2D eigenvalue weighted by Gasteiger charge is -2.12. The van der Waals surface area contributed by atoms with Crippen LogP contribution in [0.25, 0.3) is 0 Å². The Balaban J connectivity index is 2.71. The molecule has 0 aromatic carbocycles. The molecule has 1 unspecified atom stereocenters. The molecule has 1 rings (SSSR count). The van der Waals surface area contributed by atoms with Gasteiger partial charge in [-0.25, -0.2) is 4.98 Å². The first-order valence-electron chi connectivity index (χ1n) is 4.93. The maximum atomic E-state index is 11.6. The number of nitrogen functional groups attached to an aromatic ring is 1. The number of anilines is 1. The van der Waals surface area contributed by atoms with E-state index >= 15 is 0 Å². The number of nitrogens with two attached hydrogens (primary N) is 1. The fourth-order valence-corrected chi connectivity index (χ4v) is 1.86. The van der Waals surface area contributed by atoms with Crippen LogP contribution in [0.2, 0.25) is 0 Å². The summed E-state index contributed by atoms with van der Waals surface area (Å²) in [4.78, 5) is 36.5. The SMILES string of the molecule is COC(=O)C(CNC(=O)CN=O)c1csc(N)n1. The number of rotatable bonds is 6. The number of esters is 1. The second-order valence-corrected chi connectivity index (χ2v) is 4.17. The van der Waals surface area contributed by atoms with Gasteiger partial charge >= 0.3 is 5.97 Å². The summed E-state index contributed by atoms with van der Waals surface area (Å²) in [5.74, 6) is -1.86. The van der Waals surface area contributed by atoms with Crippen LogP contribution in [0.3, 0.4) is 0 Å². The van der Waals surface area contributed by atoms with Crippen molar-refractivity contribution in [3.05, 3.63) is 16.0 Å². The van der Waals surface area contributed by atoms with E-state index in [1.807, 2.05) is 0 Å². The van der Waals surface area contributed by atoms with E-state index in [0.717, 1.165) is 0 Å². The minimum absolute atomic E-state index is 0.0236. The van der Waals surface area contributed by atoms with Crippen LogP contribution >= 0.6 is 11.3 Å². The third-order valence-electron chi connectivity index (χ3n) is 2.09. The minimum atomic E-state index is -0.751. The molecule has 0 radical (unpaired) electrons. The van der Waals surface area contributed by atoms with Crippen LogP contribution in [0.15, 0.2) is 10.6 Å². The monoisotopic (exact) mass is 272 g/mol. The van der Waals surface area contributed by atoms with Gasteiger partial charge in [0.2, 0.25) is 5.91 Å². The van der Waals surface area contributed by atoms with Gasteiger partial charge in [-0.2, -0.15) is 4.91 Å². The lowest BCUT2D eigenvalue weighted by Crippen LogP contribution is -2.33. The van der Waals surface area contributed by atoms with Gasteiger partial charge in [-0.15, -0.1) is 11.3 Å². The zero-order chi connectivity index (χ0) is 13.5. The van der Waals surface area contributed by atoms with Gasteiger partial charge in [-0.3, -0.25) is 9.59 Å². The molecule has 1 aromatic heterocycles. The van der Waals surface area contributed by atoms with E-state index in [9.17, 15) is 14.5 Å². The molecule has 98 valence electrons. The van der Waals surface area contributed by atoms with Crippen molar-refractivity contribution >= 4 is 28.3 Å². The molecule has 0 saturated carbocycles. The van der Waals surface area contributed by atoms with Crippen molar-refractivity contribution in [2.24, 2.45) is 5.18 Å². The van der Waals surface area contributed by atoms with E-state index in [-0.39, 0.29) is 6.54 Å². The molecule has 0 aliphatic rings. The highest BCUT2D eigenvalue weighted by molar-refractivity contribution is 7.13. The van der Waals surface area contributed by atoms with Crippen molar-refractivity contribution in [1.29, 1.82) is 0 Å². The van der Waals surface area contributed by atoms with E-state index in [0.29, 0.717) is 10.8 Å². The van der Waals surface area contributed by atoms with E-state index in [4.69, 9.17) is 5.73 Å². The van der Waals surface area contributed by atoms with Crippen LogP contribution in [0.5, 0.6) is 0 Å². The first kappa shape index (κ1) is 14.0. The summed E-state index contributed by atoms with van der Waals surface area (Å²) in [6.45, 7) is -0.517. The molecule has 0 aliphatic carbocycles. The Morgan fingerprint density at radius 3 is 2.89 bits per heavy atom. The van der Waals surface area contributed by atoms with Crippen LogP contribution < -0.4 is 11.1 Å². The normalized spacial score (nSPS) is 11.6. The molecule has 0 spiro atoms. The average molecular weight is 272 g/mol. The zero-order valence-corrected chi connectivity index (χ0v) is 10.4. The molecule has 1 atom stereocenters. The smallest absolute Gasteiger partial charge is 0.316 e. The van der Waals surface area contributed by atoms with Crippen LogP contribution in [0.1, 0.15) is 11.6 Å². The van der Waals surface area contributed by atoms with Gasteiger partial charge in [0.25, 0.3) is 0 Å². The van der Waals surface area contributed by atoms with Gasteiger partial charge in [0.05, 0.1) is 12.8 Å². The molecule has 1 amide bonds. The lowest BCUT2D eigenvalue weighted by atomic mass is 10.1. The van der Waals surface area contributed by atoms with Crippen LogP contribution in [-0.2, 0) is 14.3 Å². The molecule has 0 bridgehead atoms. The maximum absolute atomic E-state index is 11.6. The number of hydrogen-bond acceptors (Lipinski definition) is 8. The fraction of sp³-hybridized carbons (Fsp3) is 0.444. The standard InChI is InChI=1S/C9H12N4O4S/c1-17-8(15)5(2-11-7(14)3-12-16)6-4-18-9(10)13-6/h4-5H,2-3H2,1H3,(H2,10,13)(H,11,14). The minimum Gasteiger partial charge on any atom is -0.468 e. The Labute approximate surface area is 107 Å². The van der Waals surface area contributed by atoms with Gasteiger partial charge in [-0.05, 0) is 0 Å². The lowest BCUT2D eigenvalue weighted by molar-refractivity contribution is -0.142. The largest absolute Gasteiger partial charge is 0.468 e. The number of nitrogens with one attached hydrogen (secondary N) is 1. The topological polar surface area (TPSA) is 124 Å². The first-order chi connectivity index (χ1) is 8.58. The van der Waals surface area contributed by atoms with Crippen molar-refractivity contribution < 1.29 is 14.3 Å². The number of methoxy groups -OCH3 is 1. The summed E-state index contributed by atoms with van der Waals surface area (Å²) < 4.78 is 4.62. The number of nitroso groups, excluding NO2 is 1. The van der Waals surface area contributed by atoms with Crippen molar-refractivity contribution in [2.75, 3.05) is 25.9 Å². The van der Waals surface area contributed by atoms with Gasteiger partial charge in [-0.1, -0.05) is 5.18 Å². The molecule has 0 fully saturated rings. The predicted molar refractivity (Wildman–Crippen MR) is 65.0 cm³/mol. The van der Waals surface area contributed by atoms with Gasteiger partial charge in [0.1, 0.15) is 5.92 Å². The second kappa shape index (κ2) is 6.64. The third-order valence-corrected chi connectivity index (χ3v) is 2.79. The van der Waals surface area contributed by atoms with Crippen molar-refractivity contribution in [1.82, 2.24) is 10.3 Å². The van der Waals surface area contributed by atoms with Crippen LogP contribution in [0, 0.1) is 4.91 Å². The molecule has 1 aromatic rings. The number of thiazole rings is 1. The zero-order valence-electron chi connectivity index (χ0n) is 9.58. The second-order valence-electron chi connectivity index (χ2n) is 3.28. The number of amides is 1. The van der Waals surface area contributed by atoms with Crippen molar-refractivity contribution in [3.63, 3.8) is 0 Å². The first-order valence-corrected chi connectivity index (χ1v) is 5.81. The molecule has 8 nitrogen and oxygen atoms in total.